The predicted molar refractivity (Wildman–Crippen MR) is 75.4 cm³/mol. The van der Waals surface area contributed by atoms with Gasteiger partial charge in [0.25, 0.3) is 15.0 Å². The highest BCUT2D eigenvalue weighted by Gasteiger charge is 2.23. The van der Waals surface area contributed by atoms with Crippen molar-refractivity contribution in [3.8, 4) is 0 Å². The van der Waals surface area contributed by atoms with E-state index in [1.807, 2.05) is 0 Å². The maximum absolute atomic E-state index is 12.1. The second-order valence-electron chi connectivity index (χ2n) is 5.13. The summed E-state index contributed by atoms with van der Waals surface area (Å²) >= 11 is 0. The molecule has 7 heteroatoms. The summed E-state index contributed by atoms with van der Waals surface area (Å²) in [4.78, 5) is 11.9. The van der Waals surface area contributed by atoms with Crippen LogP contribution >= 0.6 is 10.7 Å². The van der Waals surface area contributed by atoms with Gasteiger partial charge in [-0.1, -0.05) is 25.7 Å². The molecule has 0 atom stereocenters. The maximum Gasteiger partial charge on any atom is 0.287 e. The van der Waals surface area contributed by atoms with Gasteiger partial charge in [-0.25, -0.2) is 8.42 Å². The fraction of sp³-hybridized carbons (Fsp3) is 0.615. The molecule has 1 aliphatic carbocycles. The third-order valence-electron chi connectivity index (χ3n) is 3.55. The van der Waals surface area contributed by atoms with E-state index in [-0.39, 0.29) is 28.4 Å². The fourth-order valence-corrected chi connectivity index (χ4v) is 3.59. The van der Waals surface area contributed by atoms with Crippen LogP contribution in [0, 0.1) is 6.92 Å². The molecule has 0 spiro atoms. The van der Waals surface area contributed by atoms with Crippen LogP contribution in [-0.2, 0) is 9.05 Å². The zero-order valence-electron chi connectivity index (χ0n) is 11.3. The number of hydrogen-bond donors (Lipinski definition) is 1. The normalized spacial score (nSPS) is 17.7. The summed E-state index contributed by atoms with van der Waals surface area (Å²) in [7, 11) is 1.39. The number of hydrogen-bond acceptors (Lipinski definition) is 4. The number of aryl methyl sites for hydroxylation is 1. The molecule has 112 valence electrons. The first-order chi connectivity index (χ1) is 9.38. The lowest BCUT2D eigenvalue weighted by atomic mass is 10.1. The molecule has 0 unspecified atom stereocenters. The number of carbonyl (C=O) groups is 1. The molecule has 1 fully saturated rings. The van der Waals surface area contributed by atoms with Crippen molar-refractivity contribution in [1.29, 1.82) is 0 Å². The Bertz CT molecular complexity index is 586. The molecule has 0 aromatic carbocycles. The van der Waals surface area contributed by atoms with E-state index in [1.165, 1.54) is 25.8 Å². The summed E-state index contributed by atoms with van der Waals surface area (Å²) in [6, 6.07) is 1.32. The average Bonchev–Trinajstić information content (AvgIpc) is 2.58. The molecular formula is C13H18ClNO4S. The van der Waals surface area contributed by atoms with Crippen LogP contribution in [0.15, 0.2) is 15.4 Å². The third kappa shape index (κ3) is 3.76. The van der Waals surface area contributed by atoms with Gasteiger partial charge in [-0.3, -0.25) is 4.79 Å². The zero-order chi connectivity index (χ0) is 14.8. The summed E-state index contributed by atoms with van der Waals surface area (Å²) in [5.41, 5.74) is 0. The van der Waals surface area contributed by atoms with Crippen molar-refractivity contribution in [3.05, 3.63) is 17.6 Å². The molecule has 1 aliphatic rings. The number of nitrogens with one attached hydrogen (secondary N) is 1. The molecule has 5 nitrogen and oxygen atoms in total. The highest BCUT2D eigenvalue weighted by molar-refractivity contribution is 8.13. The lowest BCUT2D eigenvalue weighted by Crippen LogP contribution is -2.34. The number of carbonyl (C=O) groups excluding carboxylic acids is 1. The Balaban J connectivity index is 2.09. The molecule has 0 saturated heterocycles. The van der Waals surface area contributed by atoms with E-state index in [1.54, 1.807) is 0 Å². The molecule has 1 heterocycles. The summed E-state index contributed by atoms with van der Waals surface area (Å²) < 4.78 is 27.8. The van der Waals surface area contributed by atoms with E-state index >= 15 is 0 Å². The second kappa shape index (κ2) is 6.18. The Morgan fingerprint density at radius 2 is 1.90 bits per heavy atom. The average molecular weight is 320 g/mol. The smallest absolute Gasteiger partial charge is 0.287 e. The van der Waals surface area contributed by atoms with E-state index in [9.17, 15) is 13.2 Å². The van der Waals surface area contributed by atoms with Crippen LogP contribution in [0.25, 0.3) is 0 Å². The van der Waals surface area contributed by atoms with Gasteiger partial charge < -0.3 is 9.73 Å². The van der Waals surface area contributed by atoms with Crippen molar-refractivity contribution in [2.45, 2.75) is 56.4 Å². The van der Waals surface area contributed by atoms with Crippen molar-refractivity contribution in [1.82, 2.24) is 5.32 Å². The van der Waals surface area contributed by atoms with Crippen LogP contribution in [0.4, 0.5) is 0 Å². The van der Waals surface area contributed by atoms with Crippen molar-refractivity contribution in [2.24, 2.45) is 0 Å². The van der Waals surface area contributed by atoms with Gasteiger partial charge in [-0.15, -0.1) is 0 Å². The van der Waals surface area contributed by atoms with Crippen LogP contribution in [0.5, 0.6) is 0 Å². The van der Waals surface area contributed by atoms with E-state index in [0.29, 0.717) is 0 Å². The molecule has 0 radical (unpaired) electrons. The van der Waals surface area contributed by atoms with E-state index < -0.39 is 9.05 Å². The molecule has 20 heavy (non-hydrogen) atoms. The lowest BCUT2D eigenvalue weighted by molar-refractivity contribution is 0.0904. The number of amides is 1. The van der Waals surface area contributed by atoms with Crippen LogP contribution in [0.2, 0.25) is 0 Å². The molecule has 1 amide bonds. The molecule has 0 aliphatic heterocycles. The summed E-state index contributed by atoms with van der Waals surface area (Å²) in [5.74, 6) is -0.261. The zero-order valence-corrected chi connectivity index (χ0v) is 12.9. The first-order valence-electron chi connectivity index (χ1n) is 6.74. The van der Waals surface area contributed by atoms with Gasteiger partial charge in [0.15, 0.2) is 5.76 Å². The van der Waals surface area contributed by atoms with Gasteiger partial charge in [0.1, 0.15) is 10.7 Å². The topological polar surface area (TPSA) is 76.4 Å². The SMILES string of the molecule is Cc1oc(C(=O)NC2CCCCCC2)cc1S(=O)(=O)Cl. The minimum absolute atomic E-state index is 0.00836. The van der Waals surface area contributed by atoms with E-state index in [0.717, 1.165) is 25.7 Å². The van der Waals surface area contributed by atoms with Crippen LogP contribution < -0.4 is 5.32 Å². The Labute approximate surface area is 123 Å². The monoisotopic (exact) mass is 319 g/mol. The second-order valence-corrected chi connectivity index (χ2v) is 7.67. The largest absolute Gasteiger partial charge is 0.455 e. The summed E-state index contributed by atoms with van der Waals surface area (Å²) in [5, 5.41) is 2.90. The number of furan rings is 1. The summed E-state index contributed by atoms with van der Waals surface area (Å²) in [6.07, 6.45) is 6.49. The molecular weight excluding hydrogens is 302 g/mol. The Morgan fingerprint density at radius 3 is 2.40 bits per heavy atom. The Kier molecular flexibility index (Phi) is 4.75. The first kappa shape index (κ1) is 15.4. The number of halogens is 1. The minimum Gasteiger partial charge on any atom is -0.455 e. The molecule has 2 rings (SSSR count). The van der Waals surface area contributed by atoms with Crippen LogP contribution in [0.1, 0.15) is 54.8 Å². The Hall–Kier alpha value is -1.01. The minimum atomic E-state index is -3.89. The van der Waals surface area contributed by atoms with Gasteiger partial charge in [-0.05, 0) is 19.8 Å². The summed E-state index contributed by atoms with van der Waals surface area (Å²) in [6.45, 7) is 1.47. The van der Waals surface area contributed by atoms with Crippen molar-refractivity contribution < 1.29 is 17.6 Å². The van der Waals surface area contributed by atoms with Gasteiger partial charge in [0, 0.05) is 22.8 Å². The highest BCUT2D eigenvalue weighted by Crippen LogP contribution is 2.24. The molecule has 1 N–H and O–H groups in total. The standard InChI is InChI=1S/C13H18ClNO4S/c1-9-12(20(14,17)18)8-11(19-9)13(16)15-10-6-4-2-3-5-7-10/h8,10H,2-7H2,1H3,(H,15,16). The molecule has 0 bridgehead atoms. The molecule has 1 aromatic heterocycles. The first-order valence-corrected chi connectivity index (χ1v) is 9.05. The van der Waals surface area contributed by atoms with Crippen LogP contribution in [0.3, 0.4) is 0 Å². The molecule has 1 saturated carbocycles. The molecule has 1 aromatic rings. The van der Waals surface area contributed by atoms with Gasteiger partial charge in [-0.2, -0.15) is 0 Å². The third-order valence-corrected chi connectivity index (χ3v) is 4.98. The maximum atomic E-state index is 12.1. The highest BCUT2D eigenvalue weighted by atomic mass is 35.7. The predicted octanol–water partition coefficient (Wildman–Crippen LogP) is 2.97. The van der Waals surface area contributed by atoms with E-state index in [2.05, 4.69) is 5.32 Å². The Morgan fingerprint density at radius 1 is 1.30 bits per heavy atom. The van der Waals surface area contributed by atoms with Crippen molar-refractivity contribution in [2.75, 3.05) is 0 Å². The van der Waals surface area contributed by atoms with Crippen molar-refractivity contribution >= 4 is 25.6 Å². The van der Waals surface area contributed by atoms with Gasteiger partial charge >= 0.3 is 0 Å². The van der Waals surface area contributed by atoms with Gasteiger partial charge in [0.05, 0.1) is 0 Å². The fourth-order valence-electron chi connectivity index (χ4n) is 2.50. The van der Waals surface area contributed by atoms with Crippen molar-refractivity contribution in [3.63, 3.8) is 0 Å². The van der Waals surface area contributed by atoms with E-state index in [4.69, 9.17) is 15.1 Å². The quantitative estimate of drug-likeness (QED) is 0.686. The van der Waals surface area contributed by atoms with Gasteiger partial charge in [0.2, 0.25) is 0 Å². The number of rotatable bonds is 3. The lowest BCUT2D eigenvalue weighted by Gasteiger charge is -2.14. The van der Waals surface area contributed by atoms with Crippen LogP contribution in [-0.4, -0.2) is 20.4 Å².